The Hall–Kier alpha value is -1.75. The van der Waals surface area contributed by atoms with Crippen LogP contribution in [0.2, 0.25) is 0 Å². The maximum Gasteiger partial charge on any atom is 0.263 e. The molecule has 0 spiro atoms. The number of methoxy groups -OCH3 is 1. The number of anilines is 1. The van der Waals surface area contributed by atoms with Gasteiger partial charge in [0.05, 0.1) is 12.8 Å². The molecular formula is C16H20N2O2S. The fraction of sp³-hybridized carbons (Fsp3) is 0.438. The van der Waals surface area contributed by atoms with E-state index in [-0.39, 0.29) is 5.91 Å². The molecule has 0 saturated heterocycles. The Kier molecular flexibility index (Phi) is 3.32. The second-order valence-corrected chi connectivity index (χ2v) is 7.36. The summed E-state index contributed by atoms with van der Waals surface area (Å²) in [5.74, 6) is 1.28. The van der Waals surface area contributed by atoms with E-state index in [1.807, 2.05) is 18.2 Å². The number of amides is 1. The number of fused-ring (bicyclic) bond motifs is 1. The Morgan fingerprint density at radius 2 is 2.24 bits per heavy atom. The molecule has 0 aliphatic heterocycles. The molecule has 21 heavy (non-hydrogen) atoms. The molecule has 0 bridgehead atoms. The number of nitrogens with two attached hydrogens (primary N) is 1. The second-order valence-electron chi connectivity index (χ2n) is 6.31. The molecule has 3 rings (SSSR count). The van der Waals surface area contributed by atoms with Crippen molar-refractivity contribution in [1.29, 1.82) is 0 Å². The quantitative estimate of drug-likeness (QED) is 0.911. The predicted molar refractivity (Wildman–Crippen MR) is 87.0 cm³/mol. The van der Waals surface area contributed by atoms with E-state index < -0.39 is 0 Å². The third-order valence-corrected chi connectivity index (χ3v) is 5.54. The van der Waals surface area contributed by atoms with Gasteiger partial charge in [0.1, 0.15) is 10.6 Å². The molecule has 112 valence electrons. The van der Waals surface area contributed by atoms with Crippen molar-refractivity contribution in [2.45, 2.75) is 20.3 Å². The van der Waals surface area contributed by atoms with Crippen molar-refractivity contribution in [3.05, 3.63) is 23.1 Å². The fourth-order valence-electron chi connectivity index (χ4n) is 2.61. The molecule has 1 aromatic heterocycles. The number of thiophene rings is 1. The Morgan fingerprint density at radius 1 is 1.52 bits per heavy atom. The van der Waals surface area contributed by atoms with E-state index in [9.17, 15) is 4.79 Å². The standard InChI is InChI=1S/C16H20N2O2S/c1-16(2)7-9(16)8-18-15(19)14-13(17)11-5-4-10(20-3)6-12(11)21-14/h4-6,9H,7-8,17H2,1-3H3,(H,18,19). The maximum absolute atomic E-state index is 12.3. The zero-order valence-corrected chi connectivity index (χ0v) is 13.3. The van der Waals surface area contributed by atoms with Gasteiger partial charge in [-0.15, -0.1) is 11.3 Å². The van der Waals surface area contributed by atoms with Gasteiger partial charge in [-0.1, -0.05) is 13.8 Å². The molecular weight excluding hydrogens is 284 g/mol. The Morgan fingerprint density at radius 3 is 2.86 bits per heavy atom. The third kappa shape index (κ3) is 2.58. The van der Waals surface area contributed by atoms with Crippen LogP contribution in [0.3, 0.4) is 0 Å². The van der Waals surface area contributed by atoms with Crippen molar-refractivity contribution in [3.8, 4) is 5.75 Å². The van der Waals surface area contributed by atoms with Crippen LogP contribution in [0, 0.1) is 11.3 Å². The molecule has 3 N–H and O–H groups in total. The number of benzene rings is 1. The van der Waals surface area contributed by atoms with Crippen LogP contribution in [0.5, 0.6) is 5.75 Å². The summed E-state index contributed by atoms with van der Waals surface area (Å²) in [6.07, 6.45) is 1.17. The molecule has 5 heteroatoms. The molecule has 1 unspecified atom stereocenters. The average Bonchev–Trinajstić information content (AvgIpc) is 2.94. The molecule has 2 aromatic rings. The Bertz CT molecular complexity index is 706. The smallest absolute Gasteiger partial charge is 0.263 e. The number of carbonyl (C=O) groups is 1. The number of nitrogen functional groups attached to an aromatic ring is 1. The first kappa shape index (κ1) is 14.2. The Balaban J connectivity index is 1.79. The van der Waals surface area contributed by atoms with E-state index in [2.05, 4.69) is 19.2 Å². The van der Waals surface area contributed by atoms with Crippen LogP contribution in [0.4, 0.5) is 5.69 Å². The zero-order valence-electron chi connectivity index (χ0n) is 12.5. The highest BCUT2D eigenvalue weighted by Gasteiger charge is 2.45. The van der Waals surface area contributed by atoms with Crippen LogP contribution in [0.15, 0.2) is 18.2 Å². The summed E-state index contributed by atoms with van der Waals surface area (Å²) in [7, 11) is 1.63. The largest absolute Gasteiger partial charge is 0.497 e. The SMILES string of the molecule is COc1ccc2c(N)c(C(=O)NCC3CC3(C)C)sc2c1. The highest BCUT2D eigenvalue weighted by Crippen LogP contribution is 2.51. The monoisotopic (exact) mass is 304 g/mol. The third-order valence-electron chi connectivity index (χ3n) is 4.37. The van der Waals surface area contributed by atoms with E-state index in [0.29, 0.717) is 21.9 Å². The van der Waals surface area contributed by atoms with Gasteiger partial charge in [-0.05, 0) is 36.0 Å². The predicted octanol–water partition coefficient (Wildman–Crippen LogP) is 3.27. The van der Waals surface area contributed by atoms with Crippen molar-refractivity contribution >= 4 is 33.0 Å². The summed E-state index contributed by atoms with van der Waals surface area (Å²) in [6.45, 7) is 5.18. The number of ether oxygens (including phenoxy) is 1. The van der Waals surface area contributed by atoms with Crippen LogP contribution in [0.1, 0.15) is 29.9 Å². The highest BCUT2D eigenvalue weighted by molar-refractivity contribution is 7.21. The summed E-state index contributed by atoms with van der Waals surface area (Å²) in [5.41, 5.74) is 7.04. The molecule has 1 atom stereocenters. The van der Waals surface area contributed by atoms with Crippen LogP contribution in [-0.4, -0.2) is 19.6 Å². The van der Waals surface area contributed by atoms with E-state index >= 15 is 0 Å². The molecule has 1 saturated carbocycles. The van der Waals surface area contributed by atoms with Gasteiger partial charge >= 0.3 is 0 Å². The molecule has 4 nitrogen and oxygen atoms in total. The molecule has 1 aliphatic carbocycles. The van der Waals surface area contributed by atoms with Crippen molar-refractivity contribution < 1.29 is 9.53 Å². The van der Waals surface area contributed by atoms with Crippen LogP contribution >= 0.6 is 11.3 Å². The lowest BCUT2D eigenvalue weighted by molar-refractivity contribution is 0.0955. The lowest BCUT2D eigenvalue weighted by atomic mass is 10.1. The molecule has 1 amide bonds. The molecule has 1 aliphatic rings. The van der Waals surface area contributed by atoms with Crippen molar-refractivity contribution in [2.75, 3.05) is 19.4 Å². The van der Waals surface area contributed by atoms with Crippen molar-refractivity contribution in [1.82, 2.24) is 5.32 Å². The first-order valence-corrected chi connectivity index (χ1v) is 7.88. The van der Waals surface area contributed by atoms with Crippen molar-refractivity contribution in [3.63, 3.8) is 0 Å². The topological polar surface area (TPSA) is 64.3 Å². The van der Waals surface area contributed by atoms with Gasteiger partial charge in [-0.25, -0.2) is 0 Å². The first-order valence-electron chi connectivity index (χ1n) is 7.06. The highest BCUT2D eigenvalue weighted by atomic mass is 32.1. The lowest BCUT2D eigenvalue weighted by Crippen LogP contribution is -2.26. The summed E-state index contributed by atoms with van der Waals surface area (Å²) in [4.78, 5) is 12.9. The lowest BCUT2D eigenvalue weighted by Gasteiger charge is -2.05. The Labute approximate surface area is 128 Å². The second kappa shape index (κ2) is 4.91. The molecule has 1 heterocycles. The van der Waals surface area contributed by atoms with Gasteiger partial charge in [0.25, 0.3) is 5.91 Å². The molecule has 1 aromatic carbocycles. The van der Waals surface area contributed by atoms with Crippen LogP contribution in [-0.2, 0) is 0 Å². The summed E-state index contributed by atoms with van der Waals surface area (Å²) < 4.78 is 6.18. The number of hydrogen-bond acceptors (Lipinski definition) is 4. The molecule has 0 radical (unpaired) electrons. The van der Waals surface area contributed by atoms with Gasteiger partial charge in [0, 0.05) is 16.6 Å². The average molecular weight is 304 g/mol. The zero-order chi connectivity index (χ0) is 15.2. The normalized spacial score (nSPS) is 19.5. The van der Waals surface area contributed by atoms with E-state index in [1.54, 1.807) is 7.11 Å². The molecule has 1 fully saturated rings. The van der Waals surface area contributed by atoms with Gasteiger partial charge in [-0.3, -0.25) is 4.79 Å². The van der Waals surface area contributed by atoms with E-state index in [1.165, 1.54) is 17.8 Å². The van der Waals surface area contributed by atoms with E-state index in [4.69, 9.17) is 10.5 Å². The van der Waals surface area contributed by atoms with E-state index in [0.717, 1.165) is 22.4 Å². The summed E-state index contributed by atoms with van der Waals surface area (Å²) >= 11 is 1.42. The van der Waals surface area contributed by atoms with Gasteiger partial charge < -0.3 is 15.8 Å². The van der Waals surface area contributed by atoms with Gasteiger partial charge in [-0.2, -0.15) is 0 Å². The fourth-order valence-corrected chi connectivity index (χ4v) is 3.68. The minimum absolute atomic E-state index is 0.0737. The number of nitrogens with one attached hydrogen (secondary N) is 1. The van der Waals surface area contributed by atoms with Gasteiger partial charge in [0.2, 0.25) is 0 Å². The number of rotatable bonds is 4. The van der Waals surface area contributed by atoms with Crippen molar-refractivity contribution in [2.24, 2.45) is 11.3 Å². The summed E-state index contributed by atoms with van der Waals surface area (Å²) in [5, 5.41) is 3.92. The maximum atomic E-state index is 12.3. The van der Waals surface area contributed by atoms with Crippen LogP contribution in [0.25, 0.3) is 10.1 Å². The summed E-state index contributed by atoms with van der Waals surface area (Å²) in [6, 6.07) is 5.68. The van der Waals surface area contributed by atoms with Gasteiger partial charge in [0.15, 0.2) is 0 Å². The van der Waals surface area contributed by atoms with Crippen LogP contribution < -0.4 is 15.8 Å². The number of hydrogen-bond donors (Lipinski definition) is 2. The minimum atomic E-state index is -0.0737. The minimum Gasteiger partial charge on any atom is -0.497 e. The number of carbonyl (C=O) groups excluding carboxylic acids is 1. The first-order chi connectivity index (χ1) is 9.92.